The van der Waals surface area contributed by atoms with Crippen LogP contribution in [0.3, 0.4) is 0 Å². The van der Waals surface area contributed by atoms with E-state index < -0.39 is 0 Å². The van der Waals surface area contributed by atoms with Crippen LogP contribution in [0.5, 0.6) is 5.75 Å². The van der Waals surface area contributed by atoms with Gasteiger partial charge in [0.1, 0.15) is 11.6 Å². The minimum atomic E-state index is -0.380. The predicted molar refractivity (Wildman–Crippen MR) is 160 cm³/mol. The highest BCUT2D eigenvalue weighted by atomic mass is 79.9. The molecule has 4 rings (SSSR count). The van der Waals surface area contributed by atoms with E-state index in [0.717, 1.165) is 51.0 Å². The Bertz CT molecular complexity index is 1440. The Morgan fingerprint density at radius 3 is 2.23 bits per heavy atom. The van der Waals surface area contributed by atoms with E-state index in [1.165, 1.54) is 6.08 Å². The molecule has 0 radical (unpaired) electrons. The van der Waals surface area contributed by atoms with Gasteiger partial charge in [-0.15, -0.1) is 0 Å². The number of nitrogens with one attached hydrogen (secondary N) is 1. The first-order valence-corrected chi connectivity index (χ1v) is 14.0. The molecule has 0 aliphatic rings. The zero-order chi connectivity index (χ0) is 28.3. The number of nitrogens with zero attached hydrogens (tertiary/aromatic N) is 1. The summed E-state index contributed by atoms with van der Waals surface area (Å²) < 4.78 is 16.7. The van der Waals surface area contributed by atoms with Crippen LogP contribution >= 0.6 is 15.9 Å². The van der Waals surface area contributed by atoms with Crippen molar-refractivity contribution in [3.8, 4) is 39.7 Å². The van der Waals surface area contributed by atoms with E-state index >= 15 is 0 Å². The molecule has 7 nitrogen and oxygen atoms in total. The second kappa shape index (κ2) is 14.3. The van der Waals surface area contributed by atoms with Gasteiger partial charge in [-0.05, 0) is 61.4 Å². The third-order valence-electron chi connectivity index (χ3n) is 5.96. The molecule has 1 aromatic heterocycles. The second-order valence-corrected chi connectivity index (χ2v) is 9.83. The third-order valence-corrected chi connectivity index (χ3v) is 6.49. The number of aromatic nitrogens is 2. The molecule has 8 heteroatoms. The van der Waals surface area contributed by atoms with Gasteiger partial charge in [0, 0.05) is 27.2 Å². The Kier molecular flexibility index (Phi) is 10.3. The molecule has 40 heavy (non-hydrogen) atoms. The lowest BCUT2D eigenvalue weighted by atomic mass is 10.1. The Morgan fingerprint density at radius 2 is 1.55 bits per heavy atom. The van der Waals surface area contributed by atoms with Gasteiger partial charge in [0.2, 0.25) is 0 Å². The molecular formula is C32H31BrN2O5. The number of hydrogen-bond donors (Lipinski definition) is 1. The molecule has 0 fully saturated rings. The summed E-state index contributed by atoms with van der Waals surface area (Å²) in [6.45, 7) is 4.43. The number of halogens is 1. The number of ether oxygens (including phenoxy) is 3. The first-order chi connectivity index (χ1) is 19.5. The quantitative estimate of drug-likeness (QED) is 0.103. The fourth-order valence-corrected chi connectivity index (χ4v) is 4.14. The van der Waals surface area contributed by atoms with Crippen LogP contribution in [-0.4, -0.2) is 41.7 Å². The first-order valence-electron chi connectivity index (χ1n) is 13.2. The Hall–Kier alpha value is -4.17. The van der Waals surface area contributed by atoms with Crippen LogP contribution in [0.2, 0.25) is 0 Å². The highest BCUT2D eigenvalue weighted by Gasteiger charge is 2.16. The first kappa shape index (κ1) is 28.8. The minimum absolute atomic E-state index is 0.134. The van der Waals surface area contributed by atoms with Crippen LogP contribution in [0.25, 0.3) is 40.0 Å². The molecule has 0 amide bonds. The standard InChI is InChI=1S/C32H31BrN2O5/c1-3-5-20-39-29(37)21-40-27-17-13-24(14-18-27)31-30(23-11-15-26(33)16-12-23)34-32(35-31)25-9-6-22(7-10-25)8-19-28(36)38-4-2/h6-19H,3-5,20-21H2,1-2H3,(H,34,35)/b19-8+. The zero-order valence-electron chi connectivity index (χ0n) is 22.5. The van der Waals surface area contributed by atoms with Crippen molar-refractivity contribution in [1.82, 2.24) is 9.97 Å². The van der Waals surface area contributed by atoms with Gasteiger partial charge in [-0.1, -0.05) is 65.7 Å². The average Bonchev–Trinajstić information content (AvgIpc) is 3.42. The number of imidazole rings is 1. The van der Waals surface area contributed by atoms with Gasteiger partial charge in [0.05, 0.1) is 24.6 Å². The summed E-state index contributed by atoms with van der Waals surface area (Å²) in [4.78, 5) is 31.9. The molecule has 1 heterocycles. The number of carbonyl (C=O) groups is 2. The number of H-pyrrole nitrogens is 1. The van der Waals surface area contributed by atoms with Gasteiger partial charge in [-0.2, -0.15) is 0 Å². The molecule has 0 aliphatic carbocycles. The molecule has 0 saturated carbocycles. The molecule has 0 bridgehead atoms. The number of benzene rings is 3. The summed E-state index contributed by atoms with van der Waals surface area (Å²) in [5.41, 5.74) is 5.32. The molecule has 1 N–H and O–H groups in total. The summed E-state index contributed by atoms with van der Waals surface area (Å²) in [5, 5.41) is 0. The van der Waals surface area contributed by atoms with E-state index in [9.17, 15) is 9.59 Å². The molecular weight excluding hydrogens is 572 g/mol. The van der Waals surface area contributed by atoms with Crippen molar-refractivity contribution in [2.24, 2.45) is 0 Å². The summed E-state index contributed by atoms with van der Waals surface area (Å²) in [6.07, 6.45) is 4.94. The van der Waals surface area contributed by atoms with Crippen LogP contribution < -0.4 is 4.74 Å². The third kappa shape index (κ3) is 7.93. The molecule has 0 atom stereocenters. The summed E-state index contributed by atoms with van der Waals surface area (Å²) in [5.74, 6) is 0.534. The van der Waals surface area contributed by atoms with E-state index in [1.807, 2.05) is 79.7 Å². The molecule has 206 valence electrons. The lowest BCUT2D eigenvalue weighted by molar-refractivity contribution is -0.146. The maximum atomic E-state index is 11.9. The van der Waals surface area contributed by atoms with Crippen molar-refractivity contribution in [3.63, 3.8) is 0 Å². The molecule has 4 aromatic rings. The van der Waals surface area contributed by atoms with Crippen LogP contribution in [0, 0.1) is 0 Å². The van der Waals surface area contributed by atoms with E-state index in [0.29, 0.717) is 24.8 Å². The fourth-order valence-electron chi connectivity index (χ4n) is 3.87. The second-order valence-electron chi connectivity index (χ2n) is 8.91. The van der Waals surface area contributed by atoms with Crippen molar-refractivity contribution in [1.29, 1.82) is 0 Å². The summed E-state index contributed by atoms with van der Waals surface area (Å²) in [6, 6.07) is 23.3. The van der Waals surface area contributed by atoms with Crippen molar-refractivity contribution in [3.05, 3.63) is 88.9 Å². The van der Waals surface area contributed by atoms with E-state index in [4.69, 9.17) is 19.2 Å². The monoisotopic (exact) mass is 602 g/mol. The number of esters is 2. The van der Waals surface area contributed by atoms with Crippen molar-refractivity contribution < 1.29 is 23.8 Å². The highest BCUT2D eigenvalue weighted by molar-refractivity contribution is 9.10. The van der Waals surface area contributed by atoms with Crippen molar-refractivity contribution in [2.75, 3.05) is 19.8 Å². The zero-order valence-corrected chi connectivity index (χ0v) is 24.1. The summed E-state index contributed by atoms with van der Waals surface area (Å²) >= 11 is 3.50. The smallest absolute Gasteiger partial charge is 0.344 e. The van der Waals surface area contributed by atoms with Crippen LogP contribution in [0.4, 0.5) is 0 Å². The highest BCUT2D eigenvalue weighted by Crippen LogP contribution is 2.34. The van der Waals surface area contributed by atoms with Gasteiger partial charge in [0.15, 0.2) is 6.61 Å². The van der Waals surface area contributed by atoms with Crippen LogP contribution in [0.15, 0.2) is 83.3 Å². The molecule has 0 spiro atoms. The molecule has 0 saturated heterocycles. The Labute approximate surface area is 242 Å². The van der Waals surface area contributed by atoms with Gasteiger partial charge in [-0.3, -0.25) is 0 Å². The van der Waals surface area contributed by atoms with E-state index in [1.54, 1.807) is 13.0 Å². The van der Waals surface area contributed by atoms with E-state index in [2.05, 4.69) is 20.9 Å². The number of hydrogen-bond acceptors (Lipinski definition) is 6. The SMILES string of the molecule is CCCCOC(=O)COc1ccc(-c2nc(-c3ccc(/C=C/C(=O)OCC)cc3)[nH]c2-c2ccc(Br)cc2)cc1. The van der Waals surface area contributed by atoms with Crippen molar-refractivity contribution in [2.45, 2.75) is 26.7 Å². The number of aromatic amines is 1. The van der Waals surface area contributed by atoms with Gasteiger partial charge >= 0.3 is 11.9 Å². The maximum Gasteiger partial charge on any atom is 0.344 e. The van der Waals surface area contributed by atoms with Crippen molar-refractivity contribution >= 4 is 33.9 Å². The summed E-state index contributed by atoms with van der Waals surface area (Å²) in [7, 11) is 0. The van der Waals surface area contributed by atoms with Crippen LogP contribution in [-0.2, 0) is 19.1 Å². The van der Waals surface area contributed by atoms with Crippen LogP contribution in [0.1, 0.15) is 32.3 Å². The molecule has 3 aromatic carbocycles. The molecule has 0 aliphatic heterocycles. The predicted octanol–water partition coefficient (Wildman–Crippen LogP) is 7.47. The Morgan fingerprint density at radius 1 is 0.875 bits per heavy atom. The molecule has 0 unspecified atom stereocenters. The number of carbonyl (C=O) groups excluding carboxylic acids is 2. The number of unbranched alkanes of at least 4 members (excludes halogenated alkanes) is 1. The topological polar surface area (TPSA) is 90.5 Å². The van der Waals surface area contributed by atoms with Gasteiger partial charge < -0.3 is 19.2 Å². The average molecular weight is 604 g/mol. The maximum absolute atomic E-state index is 11.9. The lowest BCUT2D eigenvalue weighted by Crippen LogP contribution is -2.15. The fraction of sp³-hybridized carbons (Fsp3) is 0.219. The normalized spacial score (nSPS) is 11.0. The minimum Gasteiger partial charge on any atom is -0.482 e. The van der Waals surface area contributed by atoms with Gasteiger partial charge in [0.25, 0.3) is 0 Å². The van der Waals surface area contributed by atoms with Gasteiger partial charge in [-0.25, -0.2) is 14.6 Å². The largest absolute Gasteiger partial charge is 0.482 e. The Balaban J connectivity index is 1.57. The number of rotatable bonds is 12. The van der Waals surface area contributed by atoms with E-state index in [-0.39, 0.29) is 18.5 Å². The lowest BCUT2D eigenvalue weighted by Gasteiger charge is -2.08.